The van der Waals surface area contributed by atoms with Gasteiger partial charge in [-0.1, -0.05) is 11.6 Å². The van der Waals surface area contributed by atoms with E-state index in [1.54, 1.807) is 29.2 Å². The first-order valence-corrected chi connectivity index (χ1v) is 8.57. The molecule has 2 fully saturated rings. The number of piperidine rings is 1. The Hall–Kier alpha value is -1.30. The molecule has 0 aliphatic carbocycles. The van der Waals surface area contributed by atoms with Crippen LogP contribution in [0.4, 0.5) is 0 Å². The molecule has 2 unspecified atom stereocenters. The van der Waals surface area contributed by atoms with Gasteiger partial charge in [-0.15, -0.1) is 12.4 Å². The third-order valence-electron chi connectivity index (χ3n) is 4.58. The van der Waals surface area contributed by atoms with Crippen LogP contribution in [0.3, 0.4) is 0 Å². The second-order valence-corrected chi connectivity index (χ2v) is 6.73. The molecule has 0 bridgehead atoms. The molecule has 0 aromatic heterocycles. The average Bonchev–Trinajstić information content (AvgIpc) is 3.08. The van der Waals surface area contributed by atoms with Crippen molar-refractivity contribution in [3.8, 4) is 0 Å². The number of carbonyl (C=O) groups excluding carboxylic acids is 2. The van der Waals surface area contributed by atoms with E-state index in [1.807, 2.05) is 0 Å². The van der Waals surface area contributed by atoms with Gasteiger partial charge in [-0.3, -0.25) is 9.59 Å². The average molecular weight is 372 g/mol. The lowest BCUT2D eigenvalue weighted by atomic mass is 9.96. The number of benzene rings is 1. The van der Waals surface area contributed by atoms with E-state index in [9.17, 15) is 9.59 Å². The minimum Gasteiger partial charge on any atom is -0.352 e. The summed E-state index contributed by atoms with van der Waals surface area (Å²) in [5.74, 6) is -0.0605. The largest absolute Gasteiger partial charge is 0.352 e. The molecule has 2 saturated heterocycles. The summed E-state index contributed by atoms with van der Waals surface area (Å²) in [7, 11) is 0. The number of hydrogen-bond acceptors (Lipinski definition) is 3. The standard InChI is InChI=1S/C17H22ClN3O2.ClH/c18-14-5-3-12(4-6-14)17(23)21-9-1-2-13(11-21)16(22)20-15-7-8-19-10-15;/h3-6,13,15,19H,1-2,7-11H2,(H,20,22);1H. The molecule has 2 atom stereocenters. The highest BCUT2D eigenvalue weighted by Crippen LogP contribution is 2.20. The first kappa shape index (κ1) is 19.0. The number of amides is 2. The van der Waals surface area contributed by atoms with E-state index < -0.39 is 0 Å². The number of hydrogen-bond donors (Lipinski definition) is 2. The van der Waals surface area contributed by atoms with E-state index >= 15 is 0 Å². The molecule has 2 aliphatic rings. The molecule has 1 aromatic carbocycles. The Bertz CT molecular complexity index is 574. The SMILES string of the molecule is Cl.O=C(NC1CCNC1)C1CCCN(C(=O)c2ccc(Cl)cc2)C1. The van der Waals surface area contributed by atoms with E-state index in [4.69, 9.17) is 11.6 Å². The predicted octanol–water partition coefficient (Wildman–Crippen LogP) is 2.09. The van der Waals surface area contributed by atoms with Gasteiger partial charge in [0, 0.05) is 36.3 Å². The summed E-state index contributed by atoms with van der Waals surface area (Å²) in [6.07, 6.45) is 2.68. The number of rotatable bonds is 3. The Morgan fingerprint density at radius 1 is 1.21 bits per heavy atom. The lowest BCUT2D eigenvalue weighted by Crippen LogP contribution is -2.48. The van der Waals surface area contributed by atoms with Crippen molar-refractivity contribution >= 4 is 35.8 Å². The predicted molar refractivity (Wildman–Crippen MR) is 96.7 cm³/mol. The second-order valence-electron chi connectivity index (χ2n) is 6.30. The summed E-state index contributed by atoms with van der Waals surface area (Å²) in [6.45, 7) is 2.99. The van der Waals surface area contributed by atoms with Gasteiger partial charge in [0.05, 0.1) is 5.92 Å². The van der Waals surface area contributed by atoms with Gasteiger partial charge in [0.15, 0.2) is 0 Å². The molecule has 0 saturated carbocycles. The highest BCUT2D eigenvalue weighted by Gasteiger charge is 2.30. The van der Waals surface area contributed by atoms with Crippen molar-refractivity contribution in [2.75, 3.05) is 26.2 Å². The first-order valence-electron chi connectivity index (χ1n) is 8.19. The summed E-state index contributed by atoms with van der Waals surface area (Å²) in [4.78, 5) is 26.8. The Balaban J connectivity index is 0.00000208. The van der Waals surface area contributed by atoms with E-state index in [-0.39, 0.29) is 36.2 Å². The van der Waals surface area contributed by atoms with Crippen LogP contribution in [-0.2, 0) is 4.79 Å². The third kappa shape index (κ3) is 4.62. The molecule has 7 heteroatoms. The molecular weight excluding hydrogens is 349 g/mol. The van der Waals surface area contributed by atoms with Crippen molar-refractivity contribution in [2.45, 2.75) is 25.3 Å². The van der Waals surface area contributed by atoms with Crippen LogP contribution in [0.5, 0.6) is 0 Å². The molecule has 24 heavy (non-hydrogen) atoms. The maximum absolute atomic E-state index is 12.6. The van der Waals surface area contributed by atoms with E-state index in [1.165, 1.54) is 0 Å². The normalized spacial score (nSPS) is 23.5. The van der Waals surface area contributed by atoms with Gasteiger partial charge in [-0.25, -0.2) is 0 Å². The quantitative estimate of drug-likeness (QED) is 0.854. The number of likely N-dealkylation sites (tertiary alicyclic amines) is 1. The van der Waals surface area contributed by atoms with Gasteiger partial charge < -0.3 is 15.5 Å². The fourth-order valence-corrected chi connectivity index (χ4v) is 3.37. The van der Waals surface area contributed by atoms with Gasteiger partial charge in [-0.2, -0.15) is 0 Å². The number of nitrogens with zero attached hydrogens (tertiary/aromatic N) is 1. The molecule has 2 N–H and O–H groups in total. The molecule has 5 nitrogen and oxygen atoms in total. The summed E-state index contributed by atoms with van der Waals surface area (Å²) in [5.41, 5.74) is 0.621. The molecule has 132 valence electrons. The maximum atomic E-state index is 12.6. The minimum absolute atomic E-state index is 0. The van der Waals surface area contributed by atoms with Crippen LogP contribution in [0.25, 0.3) is 0 Å². The van der Waals surface area contributed by atoms with Crippen LogP contribution in [0.1, 0.15) is 29.6 Å². The van der Waals surface area contributed by atoms with E-state index in [0.717, 1.165) is 32.4 Å². The van der Waals surface area contributed by atoms with Crippen LogP contribution in [0, 0.1) is 5.92 Å². The van der Waals surface area contributed by atoms with Gasteiger partial charge in [0.25, 0.3) is 5.91 Å². The zero-order valence-electron chi connectivity index (χ0n) is 13.5. The lowest BCUT2D eigenvalue weighted by molar-refractivity contribution is -0.126. The van der Waals surface area contributed by atoms with Crippen LogP contribution in [0.2, 0.25) is 5.02 Å². The number of halogens is 2. The summed E-state index contributed by atoms with van der Waals surface area (Å²) < 4.78 is 0. The highest BCUT2D eigenvalue weighted by atomic mass is 35.5. The van der Waals surface area contributed by atoms with Crippen molar-refractivity contribution in [2.24, 2.45) is 5.92 Å². The monoisotopic (exact) mass is 371 g/mol. The fraction of sp³-hybridized carbons (Fsp3) is 0.529. The zero-order chi connectivity index (χ0) is 16.2. The van der Waals surface area contributed by atoms with E-state index in [0.29, 0.717) is 23.7 Å². The van der Waals surface area contributed by atoms with Gasteiger partial charge in [0.2, 0.25) is 5.91 Å². The van der Waals surface area contributed by atoms with Crippen LogP contribution < -0.4 is 10.6 Å². The van der Waals surface area contributed by atoms with Crippen LogP contribution >= 0.6 is 24.0 Å². The molecule has 2 amide bonds. The van der Waals surface area contributed by atoms with E-state index in [2.05, 4.69) is 10.6 Å². The first-order chi connectivity index (χ1) is 11.1. The van der Waals surface area contributed by atoms with Crippen molar-refractivity contribution in [1.82, 2.24) is 15.5 Å². The Morgan fingerprint density at radius 3 is 2.62 bits per heavy atom. The van der Waals surface area contributed by atoms with Crippen molar-refractivity contribution < 1.29 is 9.59 Å². The fourth-order valence-electron chi connectivity index (χ4n) is 3.25. The summed E-state index contributed by atoms with van der Waals surface area (Å²) >= 11 is 5.86. The topological polar surface area (TPSA) is 61.4 Å². The molecule has 0 spiro atoms. The number of carbonyl (C=O) groups is 2. The molecule has 1 aromatic rings. The zero-order valence-corrected chi connectivity index (χ0v) is 15.0. The van der Waals surface area contributed by atoms with Crippen molar-refractivity contribution in [3.05, 3.63) is 34.9 Å². The Labute approximate surface area is 153 Å². The highest BCUT2D eigenvalue weighted by molar-refractivity contribution is 6.30. The smallest absolute Gasteiger partial charge is 0.253 e. The summed E-state index contributed by atoms with van der Waals surface area (Å²) in [6, 6.07) is 7.13. The Morgan fingerprint density at radius 2 is 1.96 bits per heavy atom. The van der Waals surface area contributed by atoms with Gasteiger partial charge in [-0.05, 0) is 50.1 Å². The molecule has 3 rings (SSSR count). The summed E-state index contributed by atoms with van der Waals surface area (Å²) in [5, 5.41) is 6.96. The Kier molecular flexibility index (Phi) is 6.90. The molecule has 2 aliphatic heterocycles. The van der Waals surface area contributed by atoms with Crippen LogP contribution in [0.15, 0.2) is 24.3 Å². The van der Waals surface area contributed by atoms with Crippen LogP contribution in [-0.4, -0.2) is 48.9 Å². The lowest BCUT2D eigenvalue weighted by Gasteiger charge is -2.32. The van der Waals surface area contributed by atoms with Crippen molar-refractivity contribution in [1.29, 1.82) is 0 Å². The van der Waals surface area contributed by atoms with Gasteiger partial charge >= 0.3 is 0 Å². The number of nitrogens with one attached hydrogen (secondary N) is 2. The second kappa shape index (κ2) is 8.70. The molecule has 2 heterocycles. The van der Waals surface area contributed by atoms with Crippen molar-refractivity contribution in [3.63, 3.8) is 0 Å². The molecule has 0 radical (unpaired) electrons. The third-order valence-corrected chi connectivity index (χ3v) is 4.83. The van der Waals surface area contributed by atoms with Gasteiger partial charge in [0.1, 0.15) is 0 Å². The minimum atomic E-state index is -0.111. The molecular formula is C17H23Cl2N3O2. The maximum Gasteiger partial charge on any atom is 0.253 e.